The van der Waals surface area contributed by atoms with Crippen LogP contribution >= 0.6 is 11.6 Å². The average molecular weight is 351 g/mol. The maximum absolute atomic E-state index is 12.7. The molecule has 0 saturated carbocycles. The zero-order valence-corrected chi connectivity index (χ0v) is 14.5. The Morgan fingerprint density at radius 3 is 2.50 bits per heavy atom. The van der Waals surface area contributed by atoms with Gasteiger partial charge in [0.05, 0.1) is 5.56 Å². The monoisotopic (exact) mass is 350 g/mol. The Bertz CT molecular complexity index is 870. The van der Waals surface area contributed by atoms with Crippen LogP contribution in [0, 0.1) is 0 Å². The Morgan fingerprint density at radius 1 is 1.21 bits per heavy atom. The summed E-state index contributed by atoms with van der Waals surface area (Å²) >= 11 is 5.97. The molecule has 0 saturated heterocycles. The van der Waals surface area contributed by atoms with Crippen LogP contribution in [0.2, 0.25) is 5.02 Å². The summed E-state index contributed by atoms with van der Waals surface area (Å²) in [4.78, 5) is 24.9. The van der Waals surface area contributed by atoms with Gasteiger partial charge in [-0.25, -0.2) is 4.79 Å². The molecular formula is C17H19ClN2O4. The molecule has 128 valence electrons. The van der Waals surface area contributed by atoms with Crippen molar-refractivity contribution in [3.05, 3.63) is 61.3 Å². The number of fused-ring (bicyclic) bond motifs is 1. The maximum atomic E-state index is 12.7. The van der Waals surface area contributed by atoms with E-state index in [1.165, 1.54) is 11.6 Å². The topological polar surface area (TPSA) is 62.5 Å². The van der Waals surface area contributed by atoms with Crippen LogP contribution in [0.25, 0.3) is 0 Å². The van der Waals surface area contributed by atoms with Crippen molar-refractivity contribution in [2.75, 3.05) is 6.61 Å². The first-order valence-electron chi connectivity index (χ1n) is 7.77. The van der Waals surface area contributed by atoms with Gasteiger partial charge in [0.25, 0.3) is 5.56 Å². The quantitative estimate of drug-likeness (QED) is 0.849. The molecule has 0 radical (unpaired) electrons. The van der Waals surface area contributed by atoms with Gasteiger partial charge in [-0.15, -0.1) is 0 Å². The van der Waals surface area contributed by atoms with Crippen molar-refractivity contribution in [1.82, 2.24) is 9.13 Å². The normalized spacial score (nSPS) is 19.7. The molecule has 2 heterocycles. The molecule has 0 unspecified atom stereocenters. The predicted molar refractivity (Wildman–Crippen MR) is 90.9 cm³/mol. The summed E-state index contributed by atoms with van der Waals surface area (Å²) in [5.41, 5.74) is 0.635. The van der Waals surface area contributed by atoms with Crippen LogP contribution in [0.3, 0.4) is 0 Å². The van der Waals surface area contributed by atoms with E-state index in [0.717, 1.165) is 10.1 Å². The summed E-state index contributed by atoms with van der Waals surface area (Å²) in [5, 5.41) is 0.626. The lowest BCUT2D eigenvalue weighted by atomic mass is 9.88. The molecule has 2 atom stereocenters. The molecule has 1 aliphatic rings. The van der Waals surface area contributed by atoms with Crippen molar-refractivity contribution in [2.24, 2.45) is 14.1 Å². The largest absolute Gasteiger partial charge is 0.449 e. The van der Waals surface area contributed by atoms with Gasteiger partial charge in [0.1, 0.15) is 0 Å². The third-order valence-electron chi connectivity index (χ3n) is 4.29. The molecule has 0 aliphatic carbocycles. The highest BCUT2D eigenvalue weighted by molar-refractivity contribution is 6.30. The van der Waals surface area contributed by atoms with Gasteiger partial charge >= 0.3 is 5.69 Å². The van der Waals surface area contributed by atoms with Gasteiger partial charge in [0, 0.05) is 38.1 Å². The second kappa shape index (κ2) is 6.45. The summed E-state index contributed by atoms with van der Waals surface area (Å²) in [5.74, 6) is 0.0424. The van der Waals surface area contributed by atoms with Crippen LogP contribution in [0.15, 0.2) is 33.9 Å². The lowest BCUT2D eigenvalue weighted by molar-refractivity contribution is -0.0943. The van der Waals surface area contributed by atoms with Crippen LogP contribution in [-0.4, -0.2) is 22.0 Å². The molecule has 7 heteroatoms. The van der Waals surface area contributed by atoms with Crippen molar-refractivity contribution in [3.8, 4) is 5.88 Å². The molecule has 0 fully saturated rings. The second-order valence-electron chi connectivity index (χ2n) is 5.77. The van der Waals surface area contributed by atoms with Gasteiger partial charge in [-0.3, -0.25) is 13.9 Å². The molecule has 24 heavy (non-hydrogen) atoms. The van der Waals surface area contributed by atoms with Gasteiger partial charge in [-0.2, -0.15) is 0 Å². The molecule has 1 aromatic carbocycles. The van der Waals surface area contributed by atoms with Gasteiger partial charge in [-0.1, -0.05) is 23.7 Å². The minimum atomic E-state index is -0.513. The number of halogens is 1. The molecule has 3 rings (SSSR count). The van der Waals surface area contributed by atoms with E-state index in [1.54, 1.807) is 19.2 Å². The zero-order valence-electron chi connectivity index (χ0n) is 13.8. The highest BCUT2D eigenvalue weighted by Gasteiger charge is 2.35. The zero-order chi connectivity index (χ0) is 17.4. The minimum absolute atomic E-state index is 0.229. The van der Waals surface area contributed by atoms with Crippen molar-refractivity contribution in [3.63, 3.8) is 0 Å². The number of hydrogen-bond donors (Lipinski definition) is 0. The number of benzene rings is 1. The summed E-state index contributed by atoms with van der Waals surface area (Å²) in [6.45, 7) is 2.35. The summed E-state index contributed by atoms with van der Waals surface area (Å²) in [6, 6.07) is 7.34. The number of aromatic nitrogens is 2. The van der Waals surface area contributed by atoms with Crippen molar-refractivity contribution < 1.29 is 9.47 Å². The first-order chi connectivity index (χ1) is 11.4. The van der Waals surface area contributed by atoms with E-state index in [0.29, 0.717) is 23.6 Å². The van der Waals surface area contributed by atoms with Crippen molar-refractivity contribution in [2.45, 2.75) is 25.6 Å². The molecule has 0 spiro atoms. The van der Waals surface area contributed by atoms with Gasteiger partial charge in [-0.05, 0) is 24.6 Å². The summed E-state index contributed by atoms with van der Waals surface area (Å²) < 4.78 is 13.9. The van der Waals surface area contributed by atoms with Crippen LogP contribution in [0.4, 0.5) is 0 Å². The van der Waals surface area contributed by atoms with Crippen LogP contribution in [0.5, 0.6) is 5.88 Å². The predicted octanol–water partition coefficient (Wildman–Crippen LogP) is 2.01. The van der Waals surface area contributed by atoms with E-state index in [-0.39, 0.29) is 17.4 Å². The Labute approximate surface area is 144 Å². The van der Waals surface area contributed by atoms with Gasteiger partial charge < -0.3 is 9.47 Å². The highest BCUT2D eigenvalue weighted by atomic mass is 35.5. The Morgan fingerprint density at radius 2 is 1.88 bits per heavy atom. The smallest absolute Gasteiger partial charge is 0.333 e. The molecule has 2 aromatic rings. The lowest BCUT2D eigenvalue weighted by Crippen LogP contribution is -2.44. The first-order valence-corrected chi connectivity index (χ1v) is 8.15. The summed E-state index contributed by atoms with van der Waals surface area (Å²) in [6.07, 6.45) is -0.0171. The van der Waals surface area contributed by atoms with Crippen LogP contribution < -0.4 is 16.0 Å². The van der Waals surface area contributed by atoms with Gasteiger partial charge in [0.2, 0.25) is 12.2 Å². The molecule has 0 N–H and O–H groups in total. The van der Waals surface area contributed by atoms with Crippen LogP contribution in [-0.2, 0) is 18.8 Å². The molecule has 1 aliphatic heterocycles. The fraction of sp³-hybridized carbons (Fsp3) is 0.412. The SMILES string of the molecule is CCO[C@@H]1C[C@H](c2ccc(Cl)cc2)c2c(n(C)c(=O)n(C)c2=O)O1. The van der Waals surface area contributed by atoms with Crippen molar-refractivity contribution >= 4 is 11.6 Å². The first kappa shape index (κ1) is 16.8. The molecule has 0 amide bonds. The van der Waals surface area contributed by atoms with E-state index in [2.05, 4.69) is 0 Å². The fourth-order valence-electron chi connectivity index (χ4n) is 3.06. The Balaban J connectivity index is 2.22. The van der Waals surface area contributed by atoms with Gasteiger partial charge in [0.15, 0.2) is 0 Å². The minimum Gasteiger partial charge on any atom is -0.449 e. The third kappa shape index (κ3) is 2.76. The second-order valence-corrected chi connectivity index (χ2v) is 6.20. The maximum Gasteiger partial charge on any atom is 0.333 e. The van der Waals surface area contributed by atoms with E-state index in [1.807, 2.05) is 19.1 Å². The lowest BCUT2D eigenvalue weighted by Gasteiger charge is -2.32. The standard InChI is InChI=1S/C17H19ClN2O4/c1-4-23-13-9-12(10-5-7-11(18)8-6-10)14-15(21)19(2)17(22)20(3)16(14)24-13/h5-8,12-13H,4,9H2,1-3H3/t12-,13+/m1/s1. The number of hydrogen-bond acceptors (Lipinski definition) is 4. The van der Waals surface area contributed by atoms with Crippen molar-refractivity contribution in [1.29, 1.82) is 0 Å². The van der Waals surface area contributed by atoms with E-state index >= 15 is 0 Å². The van der Waals surface area contributed by atoms with E-state index in [9.17, 15) is 9.59 Å². The molecule has 1 aromatic heterocycles. The fourth-order valence-corrected chi connectivity index (χ4v) is 3.19. The Kier molecular flexibility index (Phi) is 4.51. The Hall–Kier alpha value is -2.05. The number of nitrogens with zero attached hydrogens (tertiary/aromatic N) is 2. The number of ether oxygens (including phenoxy) is 2. The number of rotatable bonds is 3. The van der Waals surface area contributed by atoms with E-state index < -0.39 is 12.0 Å². The third-order valence-corrected chi connectivity index (χ3v) is 4.54. The highest BCUT2D eigenvalue weighted by Crippen LogP contribution is 2.38. The molecular weight excluding hydrogens is 332 g/mol. The van der Waals surface area contributed by atoms with E-state index in [4.69, 9.17) is 21.1 Å². The molecule has 0 bridgehead atoms. The van der Waals surface area contributed by atoms with Crippen LogP contribution in [0.1, 0.15) is 30.4 Å². The average Bonchev–Trinajstić information content (AvgIpc) is 2.58. The summed E-state index contributed by atoms with van der Waals surface area (Å²) in [7, 11) is 3.06. The molecule has 6 nitrogen and oxygen atoms in total.